The Balaban J connectivity index is 0.000000605. The molecule has 11 heavy (non-hydrogen) atoms. The van der Waals surface area contributed by atoms with Gasteiger partial charge in [0.2, 0.25) is 0 Å². The van der Waals surface area contributed by atoms with Crippen LogP contribution >= 0.6 is 12.4 Å². The van der Waals surface area contributed by atoms with Gasteiger partial charge in [-0.3, -0.25) is 0 Å². The van der Waals surface area contributed by atoms with E-state index in [1.54, 1.807) is 0 Å². The molecule has 0 saturated carbocycles. The van der Waals surface area contributed by atoms with Gasteiger partial charge in [0.05, 0.1) is 0 Å². The average Bonchev–Trinajstić information content (AvgIpc) is 2.05. The predicted molar refractivity (Wildman–Crippen MR) is 48.3 cm³/mol. The summed E-state index contributed by atoms with van der Waals surface area (Å²) in [5, 5.41) is 3.25. The summed E-state index contributed by atoms with van der Waals surface area (Å²) < 4.78 is 0. The number of nitrogens with zero attached hydrogens (tertiary/aromatic N) is 1. The van der Waals surface area contributed by atoms with Gasteiger partial charge in [-0.1, -0.05) is 6.07 Å². The van der Waals surface area contributed by atoms with Crippen molar-refractivity contribution in [2.45, 2.75) is 12.8 Å². The van der Waals surface area contributed by atoms with E-state index in [0.29, 0.717) is 0 Å². The molecule has 1 aliphatic heterocycles. The Morgan fingerprint density at radius 1 is 1.45 bits per heavy atom. The number of rotatable bonds is 0. The van der Waals surface area contributed by atoms with E-state index in [1.807, 2.05) is 12.3 Å². The summed E-state index contributed by atoms with van der Waals surface area (Å²) in [6.45, 7) is 1.07. The fraction of sp³-hybridized carbons (Fsp3) is 0.375. The lowest BCUT2D eigenvalue weighted by Gasteiger charge is -2.15. The van der Waals surface area contributed by atoms with Gasteiger partial charge in [0.1, 0.15) is 5.82 Å². The van der Waals surface area contributed by atoms with Crippen LogP contribution in [0.1, 0.15) is 12.0 Å². The molecular formula is C8H11ClN2. The van der Waals surface area contributed by atoms with Crippen LogP contribution in [0.3, 0.4) is 0 Å². The molecule has 60 valence electrons. The van der Waals surface area contributed by atoms with Crippen LogP contribution in [0.4, 0.5) is 5.82 Å². The lowest BCUT2D eigenvalue weighted by atomic mass is 10.1. The van der Waals surface area contributed by atoms with Gasteiger partial charge < -0.3 is 5.32 Å². The smallest absolute Gasteiger partial charge is 0.129 e. The van der Waals surface area contributed by atoms with Gasteiger partial charge in [0.15, 0.2) is 0 Å². The second-order valence-electron chi connectivity index (χ2n) is 2.54. The van der Waals surface area contributed by atoms with Crippen molar-refractivity contribution in [3.05, 3.63) is 23.9 Å². The zero-order valence-electron chi connectivity index (χ0n) is 6.21. The number of fused-ring (bicyclic) bond motifs is 1. The van der Waals surface area contributed by atoms with Crippen molar-refractivity contribution < 1.29 is 0 Å². The van der Waals surface area contributed by atoms with E-state index >= 15 is 0 Å². The Morgan fingerprint density at radius 3 is 3.18 bits per heavy atom. The van der Waals surface area contributed by atoms with E-state index < -0.39 is 0 Å². The first kappa shape index (κ1) is 8.34. The van der Waals surface area contributed by atoms with Gasteiger partial charge in [0, 0.05) is 12.7 Å². The lowest BCUT2D eigenvalue weighted by molar-refractivity contribution is 0.818. The van der Waals surface area contributed by atoms with Gasteiger partial charge in [0.25, 0.3) is 0 Å². The molecule has 0 bridgehead atoms. The molecule has 1 aromatic heterocycles. The molecule has 0 atom stereocenters. The highest BCUT2D eigenvalue weighted by Crippen LogP contribution is 2.17. The van der Waals surface area contributed by atoms with Gasteiger partial charge >= 0.3 is 0 Å². The first-order valence-electron chi connectivity index (χ1n) is 3.64. The highest BCUT2D eigenvalue weighted by atomic mass is 35.5. The number of hydrogen-bond acceptors (Lipinski definition) is 2. The van der Waals surface area contributed by atoms with E-state index in [4.69, 9.17) is 0 Å². The number of aryl methyl sites for hydroxylation is 1. The monoisotopic (exact) mass is 170 g/mol. The van der Waals surface area contributed by atoms with Crippen LogP contribution in [0, 0.1) is 0 Å². The van der Waals surface area contributed by atoms with Crippen LogP contribution in [0.25, 0.3) is 0 Å². The van der Waals surface area contributed by atoms with Gasteiger partial charge in [-0.25, -0.2) is 4.98 Å². The largest absolute Gasteiger partial charge is 0.370 e. The van der Waals surface area contributed by atoms with Crippen molar-refractivity contribution in [3.8, 4) is 0 Å². The van der Waals surface area contributed by atoms with Crippen LogP contribution in [0.15, 0.2) is 18.3 Å². The maximum atomic E-state index is 4.21. The topological polar surface area (TPSA) is 24.9 Å². The fourth-order valence-electron chi connectivity index (χ4n) is 1.29. The zero-order valence-corrected chi connectivity index (χ0v) is 7.03. The van der Waals surface area contributed by atoms with Crippen molar-refractivity contribution in [3.63, 3.8) is 0 Å². The fourth-order valence-corrected chi connectivity index (χ4v) is 1.29. The molecule has 3 heteroatoms. The SMILES string of the molecule is Cl.c1cnc2c(c1)CCCN2. The maximum absolute atomic E-state index is 4.21. The summed E-state index contributed by atoms with van der Waals surface area (Å²) in [5.74, 6) is 1.08. The highest BCUT2D eigenvalue weighted by molar-refractivity contribution is 5.85. The molecule has 0 unspecified atom stereocenters. The van der Waals surface area contributed by atoms with Gasteiger partial charge in [-0.2, -0.15) is 0 Å². The number of anilines is 1. The van der Waals surface area contributed by atoms with E-state index in [1.165, 1.54) is 18.4 Å². The molecule has 0 saturated heterocycles. The Hall–Kier alpha value is -0.760. The molecule has 2 nitrogen and oxygen atoms in total. The second kappa shape index (κ2) is 3.58. The minimum absolute atomic E-state index is 0. The number of hydrogen-bond donors (Lipinski definition) is 1. The minimum Gasteiger partial charge on any atom is -0.370 e. The average molecular weight is 171 g/mol. The maximum Gasteiger partial charge on any atom is 0.129 e. The number of aromatic nitrogens is 1. The van der Waals surface area contributed by atoms with Crippen molar-refractivity contribution in [1.82, 2.24) is 4.98 Å². The Kier molecular flexibility index (Phi) is 2.71. The molecule has 0 aliphatic carbocycles. The van der Waals surface area contributed by atoms with Crippen LogP contribution in [0.5, 0.6) is 0 Å². The predicted octanol–water partition coefficient (Wildman–Crippen LogP) is 1.86. The normalized spacial score (nSPS) is 14.2. The zero-order chi connectivity index (χ0) is 6.81. The van der Waals surface area contributed by atoms with Crippen LogP contribution in [-0.4, -0.2) is 11.5 Å². The molecule has 0 aromatic carbocycles. The number of halogens is 1. The molecule has 1 aromatic rings. The molecule has 1 aliphatic rings. The molecule has 0 spiro atoms. The molecule has 0 radical (unpaired) electrons. The summed E-state index contributed by atoms with van der Waals surface area (Å²) in [6.07, 6.45) is 4.24. The third-order valence-electron chi connectivity index (χ3n) is 1.81. The Bertz CT molecular complexity index is 212. The summed E-state index contributed by atoms with van der Waals surface area (Å²) in [6, 6.07) is 4.13. The summed E-state index contributed by atoms with van der Waals surface area (Å²) in [7, 11) is 0. The number of nitrogens with one attached hydrogen (secondary N) is 1. The first-order chi connectivity index (χ1) is 4.97. The standard InChI is InChI=1S/C8H10N2.ClH/c1-3-7-4-2-6-10-8(7)9-5-1;/h1,3,5H,2,4,6H2,(H,9,10);1H. The van der Waals surface area contributed by atoms with Crippen LogP contribution in [0.2, 0.25) is 0 Å². The van der Waals surface area contributed by atoms with Gasteiger partial charge in [-0.05, 0) is 24.5 Å². The van der Waals surface area contributed by atoms with E-state index in [2.05, 4.69) is 16.4 Å². The highest BCUT2D eigenvalue weighted by Gasteiger charge is 2.06. The summed E-state index contributed by atoms with van der Waals surface area (Å²) in [4.78, 5) is 4.21. The third-order valence-corrected chi connectivity index (χ3v) is 1.81. The first-order valence-corrected chi connectivity index (χ1v) is 3.64. The van der Waals surface area contributed by atoms with Crippen LogP contribution in [-0.2, 0) is 6.42 Å². The van der Waals surface area contributed by atoms with Crippen molar-refractivity contribution in [1.29, 1.82) is 0 Å². The molecule has 0 amide bonds. The minimum atomic E-state index is 0. The van der Waals surface area contributed by atoms with Crippen molar-refractivity contribution in [2.75, 3.05) is 11.9 Å². The molecular weight excluding hydrogens is 160 g/mol. The number of pyridine rings is 1. The Labute approximate surface area is 72.4 Å². The second-order valence-corrected chi connectivity index (χ2v) is 2.54. The summed E-state index contributed by atoms with van der Waals surface area (Å²) >= 11 is 0. The lowest BCUT2D eigenvalue weighted by Crippen LogP contribution is -2.12. The van der Waals surface area contributed by atoms with E-state index in [9.17, 15) is 0 Å². The van der Waals surface area contributed by atoms with E-state index in [0.717, 1.165) is 12.4 Å². The molecule has 2 heterocycles. The van der Waals surface area contributed by atoms with E-state index in [-0.39, 0.29) is 12.4 Å². The molecule has 0 fully saturated rings. The summed E-state index contributed by atoms with van der Waals surface area (Å²) in [5.41, 5.74) is 1.36. The van der Waals surface area contributed by atoms with Crippen molar-refractivity contribution in [2.24, 2.45) is 0 Å². The quantitative estimate of drug-likeness (QED) is 0.643. The van der Waals surface area contributed by atoms with Crippen LogP contribution < -0.4 is 5.32 Å². The molecule has 1 N–H and O–H groups in total. The van der Waals surface area contributed by atoms with Crippen molar-refractivity contribution >= 4 is 18.2 Å². The van der Waals surface area contributed by atoms with Gasteiger partial charge in [-0.15, -0.1) is 12.4 Å². The third kappa shape index (κ3) is 1.63. The molecule has 2 rings (SSSR count). The Morgan fingerprint density at radius 2 is 2.36 bits per heavy atom.